The smallest absolute Gasteiger partial charge is 0.265 e. The Hall–Kier alpha value is -2.82. The van der Waals surface area contributed by atoms with Gasteiger partial charge in [-0.25, -0.2) is 8.42 Å². The van der Waals surface area contributed by atoms with E-state index in [0.717, 1.165) is 5.56 Å². The van der Waals surface area contributed by atoms with Gasteiger partial charge in [0.2, 0.25) is 0 Å². The van der Waals surface area contributed by atoms with Crippen molar-refractivity contribution < 1.29 is 8.42 Å². The fourth-order valence-corrected chi connectivity index (χ4v) is 4.92. The summed E-state index contributed by atoms with van der Waals surface area (Å²) in [5.74, 6) is -0.540. The first-order chi connectivity index (χ1) is 13.2. The molecule has 28 heavy (non-hydrogen) atoms. The van der Waals surface area contributed by atoms with E-state index in [1.807, 2.05) is 30.3 Å². The summed E-state index contributed by atoms with van der Waals surface area (Å²) in [4.78, 5) is 0.148. The Morgan fingerprint density at radius 2 is 1.86 bits per heavy atom. The van der Waals surface area contributed by atoms with E-state index in [1.54, 1.807) is 33.0 Å². The second-order valence-corrected chi connectivity index (χ2v) is 8.46. The average molecular weight is 415 g/mol. The van der Waals surface area contributed by atoms with Gasteiger partial charge < -0.3 is 0 Å². The van der Waals surface area contributed by atoms with Crippen LogP contribution in [0.25, 0.3) is 0 Å². The predicted octanol–water partition coefficient (Wildman–Crippen LogP) is 4.15. The third kappa shape index (κ3) is 3.75. The summed E-state index contributed by atoms with van der Waals surface area (Å²) >= 11 is 6.39. The van der Waals surface area contributed by atoms with Gasteiger partial charge in [-0.15, -0.1) is 0 Å². The zero-order chi connectivity index (χ0) is 20.5. The summed E-state index contributed by atoms with van der Waals surface area (Å²) in [6.07, 6.45) is 0. The van der Waals surface area contributed by atoms with Gasteiger partial charge in [0.05, 0.1) is 29.1 Å². The molecular weight excluding hydrogens is 396 g/mol. The van der Waals surface area contributed by atoms with E-state index in [4.69, 9.17) is 11.6 Å². The number of halogens is 1. The molecule has 0 fully saturated rings. The first-order valence-corrected chi connectivity index (χ1v) is 10.4. The molecule has 3 aromatic rings. The summed E-state index contributed by atoms with van der Waals surface area (Å²) < 4.78 is 29.7. The number of benzene rings is 2. The van der Waals surface area contributed by atoms with Crippen LogP contribution >= 0.6 is 11.6 Å². The van der Waals surface area contributed by atoms with Crippen LogP contribution in [0.3, 0.4) is 0 Å². The van der Waals surface area contributed by atoms with Crippen LogP contribution in [0.15, 0.2) is 53.4 Å². The van der Waals surface area contributed by atoms with Crippen LogP contribution in [0.2, 0.25) is 5.02 Å². The lowest BCUT2D eigenvalue weighted by Crippen LogP contribution is -2.15. The highest BCUT2D eigenvalue weighted by Crippen LogP contribution is 2.32. The summed E-state index contributed by atoms with van der Waals surface area (Å²) in [7, 11) is -2.13. The monoisotopic (exact) mass is 414 g/mol. The van der Waals surface area contributed by atoms with Gasteiger partial charge in [0.1, 0.15) is 4.90 Å². The van der Waals surface area contributed by atoms with Crippen LogP contribution in [-0.4, -0.2) is 18.2 Å². The Balaban J connectivity index is 1.94. The number of nitrogens with zero attached hydrogens (tertiary/aromatic N) is 3. The Labute approximate surface area is 169 Å². The largest absolute Gasteiger partial charge is 0.279 e. The van der Waals surface area contributed by atoms with Gasteiger partial charge in [0, 0.05) is 12.1 Å². The Kier molecular flexibility index (Phi) is 5.45. The molecule has 1 aromatic heterocycles. The second-order valence-electron chi connectivity index (χ2n) is 6.44. The van der Waals surface area contributed by atoms with E-state index in [9.17, 15) is 13.7 Å². The SMILES string of the molecule is Cc1nn(C)c(C)c1S(=O)(=O)Nc1ccc([C@H](C#N)c2ccccc2)c(Cl)c1. The number of aryl methyl sites for hydroxylation is 2. The van der Waals surface area contributed by atoms with Crippen molar-refractivity contribution >= 4 is 27.3 Å². The lowest BCUT2D eigenvalue weighted by molar-refractivity contribution is 0.599. The number of nitrogens with one attached hydrogen (secondary N) is 1. The van der Waals surface area contributed by atoms with Gasteiger partial charge in [-0.05, 0) is 37.1 Å². The van der Waals surface area contributed by atoms with Crippen LogP contribution in [0.5, 0.6) is 0 Å². The summed E-state index contributed by atoms with van der Waals surface area (Å²) in [6, 6.07) is 16.3. The molecule has 144 valence electrons. The molecule has 0 aliphatic carbocycles. The molecule has 3 rings (SSSR count). The maximum atomic E-state index is 12.8. The van der Waals surface area contributed by atoms with Crippen LogP contribution in [0, 0.1) is 25.2 Å². The van der Waals surface area contributed by atoms with Crippen molar-refractivity contribution in [2.45, 2.75) is 24.7 Å². The molecule has 0 saturated heterocycles. The van der Waals surface area contributed by atoms with Gasteiger partial charge in [-0.2, -0.15) is 10.4 Å². The molecule has 1 atom stereocenters. The molecule has 1 N–H and O–H groups in total. The molecule has 0 bridgehead atoms. The third-order valence-electron chi connectivity index (χ3n) is 4.54. The molecule has 1 heterocycles. The van der Waals surface area contributed by atoms with Gasteiger partial charge in [0.25, 0.3) is 10.0 Å². The Bertz CT molecular complexity index is 1160. The van der Waals surface area contributed by atoms with Crippen LogP contribution < -0.4 is 4.72 Å². The molecule has 0 aliphatic heterocycles. The third-order valence-corrected chi connectivity index (χ3v) is 6.50. The highest BCUT2D eigenvalue weighted by molar-refractivity contribution is 7.92. The first kappa shape index (κ1) is 19.9. The number of anilines is 1. The molecule has 0 spiro atoms. The number of hydrogen-bond donors (Lipinski definition) is 1. The minimum absolute atomic E-state index is 0.148. The zero-order valence-corrected chi connectivity index (χ0v) is 17.2. The van der Waals surface area contributed by atoms with E-state index >= 15 is 0 Å². The van der Waals surface area contributed by atoms with Crippen molar-refractivity contribution in [2.75, 3.05) is 4.72 Å². The number of aromatic nitrogens is 2. The van der Waals surface area contributed by atoms with Gasteiger partial charge in [-0.3, -0.25) is 9.40 Å². The minimum Gasteiger partial charge on any atom is -0.279 e. The minimum atomic E-state index is -3.82. The van der Waals surface area contributed by atoms with Crippen LogP contribution in [-0.2, 0) is 17.1 Å². The molecule has 0 radical (unpaired) electrons. The van der Waals surface area contributed by atoms with Crippen molar-refractivity contribution in [1.29, 1.82) is 5.26 Å². The van der Waals surface area contributed by atoms with E-state index in [2.05, 4.69) is 15.9 Å². The molecule has 8 heteroatoms. The number of nitriles is 1. The van der Waals surface area contributed by atoms with Crippen LogP contribution in [0.4, 0.5) is 5.69 Å². The van der Waals surface area contributed by atoms with E-state index in [0.29, 0.717) is 27.7 Å². The van der Waals surface area contributed by atoms with Crippen molar-refractivity contribution in [1.82, 2.24) is 9.78 Å². The Morgan fingerprint density at radius 1 is 1.18 bits per heavy atom. The second kappa shape index (κ2) is 7.66. The first-order valence-electron chi connectivity index (χ1n) is 8.51. The fraction of sp³-hybridized carbons (Fsp3) is 0.200. The standard InChI is InChI=1S/C20H19ClN4O2S/c1-13-20(14(2)25(3)23-13)28(26,27)24-16-9-10-17(19(21)11-16)18(12-22)15-7-5-4-6-8-15/h4-11,18,24H,1-3H3/t18-/m1/s1. The molecule has 0 unspecified atom stereocenters. The highest BCUT2D eigenvalue weighted by Gasteiger charge is 2.24. The average Bonchev–Trinajstić information content (AvgIpc) is 2.90. The van der Waals surface area contributed by atoms with E-state index in [-0.39, 0.29) is 4.90 Å². The van der Waals surface area contributed by atoms with Gasteiger partial charge >= 0.3 is 0 Å². The van der Waals surface area contributed by atoms with Gasteiger partial charge in [0.15, 0.2) is 0 Å². The summed E-state index contributed by atoms with van der Waals surface area (Å²) in [5, 5.41) is 14.1. The van der Waals surface area contributed by atoms with Gasteiger partial charge in [-0.1, -0.05) is 48.0 Å². The molecule has 0 saturated carbocycles. The normalized spacial score (nSPS) is 12.4. The Morgan fingerprint density at radius 3 is 2.39 bits per heavy atom. The predicted molar refractivity (Wildman–Crippen MR) is 109 cm³/mol. The summed E-state index contributed by atoms with van der Waals surface area (Å²) in [6.45, 7) is 3.34. The van der Waals surface area contributed by atoms with Crippen molar-refractivity contribution in [3.8, 4) is 6.07 Å². The lowest BCUT2D eigenvalue weighted by atomic mass is 9.92. The molecule has 0 aliphatic rings. The summed E-state index contributed by atoms with van der Waals surface area (Å²) in [5.41, 5.74) is 2.72. The quantitative estimate of drug-likeness (QED) is 0.679. The zero-order valence-electron chi connectivity index (χ0n) is 15.6. The number of sulfonamides is 1. The molecule has 0 amide bonds. The fourth-order valence-electron chi connectivity index (χ4n) is 3.14. The maximum Gasteiger partial charge on any atom is 0.265 e. The van der Waals surface area contributed by atoms with Crippen molar-refractivity contribution in [3.05, 3.63) is 76.1 Å². The van der Waals surface area contributed by atoms with Crippen molar-refractivity contribution in [2.24, 2.45) is 7.05 Å². The van der Waals surface area contributed by atoms with Crippen LogP contribution in [0.1, 0.15) is 28.4 Å². The number of hydrogen-bond acceptors (Lipinski definition) is 4. The molecular formula is C20H19ClN4O2S. The molecule has 6 nitrogen and oxygen atoms in total. The van der Waals surface area contributed by atoms with E-state index < -0.39 is 15.9 Å². The topological polar surface area (TPSA) is 87.8 Å². The van der Waals surface area contributed by atoms with Crippen molar-refractivity contribution in [3.63, 3.8) is 0 Å². The van der Waals surface area contributed by atoms with E-state index in [1.165, 1.54) is 10.7 Å². The molecule has 2 aromatic carbocycles. The highest BCUT2D eigenvalue weighted by atomic mass is 35.5. The maximum absolute atomic E-state index is 12.8. The number of rotatable bonds is 5. The lowest BCUT2D eigenvalue weighted by Gasteiger charge is -2.14.